The smallest absolute Gasteiger partial charge is 0.159 e. The quantitative estimate of drug-likeness (QED) is 0.917. The Bertz CT molecular complexity index is 673. The molecule has 0 saturated heterocycles. The zero-order chi connectivity index (χ0) is 14.3. The lowest BCUT2D eigenvalue weighted by atomic mass is 9.98. The van der Waals surface area contributed by atoms with E-state index in [0.29, 0.717) is 29.4 Å². The molecule has 0 spiro atoms. The molecule has 0 radical (unpaired) electrons. The van der Waals surface area contributed by atoms with Gasteiger partial charge < -0.3 is 9.84 Å². The van der Waals surface area contributed by atoms with Crippen LogP contribution in [0, 0.1) is 11.6 Å². The second kappa shape index (κ2) is 5.04. The molecule has 1 aliphatic heterocycles. The van der Waals surface area contributed by atoms with E-state index in [1.807, 2.05) is 0 Å². The summed E-state index contributed by atoms with van der Waals surface area (Å²) in [5.74, 6) is -1.37. The third-order valence-corrected chi connectivity index (χ3v) is 3.55. The average molecular weight is 297 g/mol. The van der Waals surface area contributed by atoms with Gasteiger partial charge in [0.05, 0.1) is 6.61 Å². The molecule has 0 aliphatic carbocycles. The van der Waals surface area contributed by atoms with Crippen LogP contribution in [0.3, 0.4) is 0 Å². The maximum atomic E-state index is 13.3. The Hall–Kier alpha value is -1.65. The highest BCUT2D eigenvalue weighted by Crippen LogP contribution is 2.38. The van der Waals surface area contributed by atoms with Crippen molar-refractivity contribution in [2.45, 2.75) is 12.5 Å². The summed E-state index contributed by atoms with van der Waals surface area (Å²) in [4.78, 5) is 0. The maximum absolute atomic E-state index is 13.3. The van der Waals surface area contributed by atoms with Crippen molar-refractivity contribution in [1.29, 1.82) is 0 Å². The summed E-state index contributed by atoms with van der Waals surface area (Å²) in [5.41, 5.74) is 1.63. The van der Waals surface area contributed by atoms with E-state index < -0.39 is 17.7 Å². The van der Waals surface area contributed by atoms with Gasteiger partial charge in [-0.25, -0.2) is 8.78 Å². The van der Waals surface area contributed by atoms with Crippen LogP contribution in [0.1, 0.15) is 22.8 Å². The molecule has 0 aromatic heterocycles. The lowest BCUT2D eigenvalue weighted by molar-refractivity contribution is 0.213. The van der Waals surface area contributed by atoms with Crippen LogP contribution in [0.5, 0.6) is 5.75 Å². The highest BCUT2D eigenvalue weighted by atomic mass is 35.5. The topological polar surface area (TPSA) is 29.5 Å². The van der Waals surface area contributed by atoms with E-state index in [1.54, 1.807) is 12.1 Å². The molecule has 104 valence electrons. The Morgan fingerprint density at radius 1 is 1.15 bits per heavy atom. The molecule has 1 unspecified atom stereocenters. The van der Waals surface area contributed by atoms with Crippen LogP contribution in [-0.4, -0.2) is 11.7 Å². The summed E-state index contributed by atoms with van der Waals surface area (Å²) >= 11 is 6.02. The van der Waals surface area contributed by atoms with Gasteiger partial charge in [-0.1, -0.05) is 17.7 Å². The van der Waals surface area contributed by atoms with Gasteiger partial charge in [-0.3, -0.25) is 0 Å². The zero-order valence-corrected chi connectivity index (χ0v) is 11.1. The fourth-order valence-corrected chi connectivity index (χ4v) is 2.61. The predicted molar refractivity (Wildman–Crippen MR) is 71.1 cm³/mol. The second-order valence-electron chi connectivity index (χ2n) is 4.66. The second-order valence-corrected chi connectivity index (χ2v) is 5.09. The van der Waals surface area contributed by atoms with Gasteiger partial charge in [0, 0.05) is 17.0 Å². The fourth-order valence-electron chi connectivity index (χ4n) is 2.36. The summed E-state index contributed by atoms with van der Waals surface area (Å²) in [6.45, 7) is 0.521. The molecule has 0 saturated carbocycles. The lowest BCUT2D eigenvalue weighted by Crippen LogP contribution is -2.03. The third-order valence-electron chi connectivity index (χ3n) is 3.33. The highest BCUT2D eigenvalue weighted by Gasteiger charge is 2.23. The van der Waals surface area contributed by atoms with Crippen LogP contribution < -0.4 is 4.74 Å². The van der Waals surface area contributed by atoms with Crippen LogP contribution in [0.25, 0.3) is 0 Å². The monoisotopic (exact) mass is 296 g/mol. The Morgan fingerprint density at radius 2 is 1.95 bits per heavy atom. The largest absolute Gasteiger partial charge is 0.493 e. The number of hydrogen-bond acceptors (Lipinski definition) is 2. The van der Waals surface area contributed by atoms with E-state index >= 15 is 0 Å². The minimum atomic E-state index is -1.12. The standard InChI is InChI=1S/C15H11ClF2O2/c16-10-5-9-3-4-20-15(9)11(7-10)14(19)8-1-2-12(17)13(18)6-8/h1-2,5-7,14,19H,3-4H2. The molecule has 0 fully saturated rings. The van der Waals surface area contributed by atoms with Crippen LogP contribution in [0.4, 0.5) is 8.78 Å². The molecule has 2 aromatic carbocycles. The van der Waals surface area contributed by atoms with Crippen molar-refractivity contribution in [1.82, 2.24) is 0 Å². The molecule has 5 heteroatoms. The van der Waals surface area contributed by atoms with Gasteiger partial charge in [0.2, 0.25) is 0 Å². The minimum absolute atomic E-state index is 0.254. The molecular formula is C15H11ClF2O2. The summed E-state index contributed by atoms with van der Waals surface area (Å²) < 4.78 is 31.7. The Morgan fingerprint density at radius 3 is 2.70 bits per heavy atom. The van der Waals surface area contributed by atoms with Gasteiger partial charge in [-0.2, -0.15) is 0 Å². The molecule has 3 rings (SSSR count). The molecule has 1 aliphatic rings. The number of aliphatic hydroxyl groups excluding tert-OH is 1. The first-order valence-electron chi connectivity index (χ1n) is 6.14. The Kier molecular flexibility index (Phi) is 3.36. The van der Waals surface area contributed by atoms with Gasteiger partial charge >= 0.3 is 0 Å². The molecule has 1 heterocycles. The molecule has 1 atom stereocenters. The molecular weight excluding hydrogens is 286 g/mol. The van der Waals surface area contributed by atoms with E-state index in [1.165, 1.54) is 6.07 Å². The van der Waals surface area contributed by atoms with Crippen molar-refractivity contribution in [2.75, 3.05) is 6.61 Å². The first kappa shape index (κ1) is 13.3. The zero-order valence-electron chi connectivity index (χ0n) is 10.4. The van der Waals surface area contributed by atoms with Gasteiger partial charge in [0.15, 0.2) is 11.6 Å². The van der Waals surface area contributed by atoms with Gasteiger partial charge in [-0.05, 0) is 35.4 Å². The SMILES string of the molecule is OC(c1ccc(F)c(F)c1)c1cc(Cl)cc2c1OCC2. The van der Waals surface area contributed by atoms with E-state index in [-0.39, 0.29) is 5.56 Å². The number of ether oxygens (including phenoxy) is 1. The van der Waals surface area contributed by atoms with Crippen molar-refractivity contribution in [3.63, 3.8) is 0 Å². The molecule has 0 bridgehead atoms. The summed E-state index contributed by atoms with van der Waals surface area (Å²) in [6, 6.07) is 6.66. The van der Waals surface area contributed by atoms with E-state index in [0.717, 1.165) is 17.7 Å². The molecule has 2 aromatic rings. The van der Waals surface area contributed by atoms with Crippen LogP contribution in [0.2, 0.25) is 5.02 Å². The normalized spacial score (nSPS) is 14.8. The van der Waals surface area contributed by atoms with Crippen LogP contribution in [-0.2, 0) is 6.42 Å². The number of fused-ring (bicyclic) bond motifs is 1. The summed E-state index contributed by atoms with van der Waals surface area (Å²) in [6.07, 6.45) is -0.399. The highest BCUT2D eigenvalue weighted by molar-refractivity contribution is 6.30. The van der Waals surface area contributed by atoms with Gasteiger partial charge in [0.25, 0.3) is 0 Å². The Labute approximate surface area is 119 Å². The molecule has 0 amide bonds. The molecule has 20 heavy (non-hydrogen) atoms. The minimum Gasteiger partial charge on any atom is -0.493 e. The number of halogens is 3. The first-order chi connectivity index (χ1) is 9.56. The van der Waals surface area contributed by atoms with E-state index in [9.17, 15) is 13.9 Å². The third kappa shape index (κ3) is 2.25. The average Bonchev–Trinajstić information content (AvgIpc) is 2.88. The number of rotatable bonds is 2. The predicted octanol–water partition coefficient (Wildman–Crippen LogP) is 3.63. The lowest BCUT2D eigenvalue weighted by Gasteiger charge is -2.15. The van der Waals surface area contributed by atoms with Crippen molar-refractivity contribution >= 4 is 11.6 Å². The maximum Gasteiger partial charge on any atom is 0.159 e. The summed E-state index contributed by atoms with van der Waals surface area (Å²) in [5, 5.41) is 10.8. The molecule has 2 nitrogen and oxygen atoms in total. The van der Waals surface area contributed by atoms with Gasteiger partial charge in [0.1, 0.15) is 11.9 Å². The van der Waals surface area contributed by atoms with Gasteiger partial charge in [-0.15, -0.1) is 0 Å². The van der Waals surface area contributed by atoms with E-state index in [2.05, 4.69) is 0 Å². The van der Waals surface area contributed by atoms with E-state index in [4.69, 9.17) is 16.3 Å². The fraction of sp³-hybridized carbons (Fsp3) is 0.200. The van der Waals surface area contributed by atoms with Crippen molar-refractivity contribution in [3.05, 3.63) is 63.7 Å². The Balaban J connectivity index is 2.06. The van der Waals surface area contributed by atoms with Crippen LogP contribution >= 0.6 is 11.6 Å². The number of benzene rings is 2. The van der Waals surface area contributed by atoms with Crippen molar-refractivity contribution in [3.8, 4) is 5.75 Å². The first-order valence-corrected chi connectivity index (χ1v) is 6.52. The van der Waals surface area contributed by atoms with Crippen LogP contribution in [0.15, 0.2) is 30.3 Å². The van der Waals surface area contributed by atoms with Crippen molar-refractivity contribution < 1.29 is 18.6 Å². The molecule has 1 N–H and O–H groups in total. The van der Waals surface area contributed by atoms with Crippen molar-refractivity contribution in [2.24, 2.45) is 0 Å². The number of hydrogen-bond donors (Lipinski definition) is 1. The summed E-state index contributed by atoms with van der Waals surface area (Å²) in [7, 11) is 0. The number of aliphatic hydroxyl groups is 1.